The second-order valence-electron chi connectivity index (χ2n) is 17.9. The van der Waals surface area contributed by atoms with Crippen LogP contribution in [0.3, 0.4) is 0 Å². The molecule has 10 nitrogen and oxygen atoms in total. The monoisotopic (exact) mass is 1510 g/mol. The summed E-state index contributed by atoms with van der Waals surface area (Å²) in [4.78, 5) is 0. The van der Waals surface area contributed by atoms with Crippen molar-refractivity contribution >= 4 is 78.3 Å². The quantitative estimate of drug-likeness (QED) is 0.0962. The number of hydrogen-bond donors (Lipinski definition) is 0. The van der Waals surface area contributed by atoms with Gasteiger partial charge in [0, 0.05) is 62.4 Å². The third kappa shape index (κ3) is 42.9. The van der Waals surface area contributed by atoms with E-state index in [0.29, 0.717) is 26.2 Å². The van der Waals surface area contributed by atoms with Crippen LogP contribution in [-0.4, -0.2) is 28.4 Å². The molecular weight excluding hydrogens is 1460 g/mol. The summed E-state index contributed by atoms with van der Waals surface area (Å²) in [5.41, 5.74) is 8.76. The molecule has 4 aromatic heterocycles. The Balaban J connectivity index is 0.000000524. The van der Waals surface area contributed by atoms with E-state index in [4.69, 9.17) is 29.5 Å². The van der Waals surface area contributed by atoms with Gasteiger partial charge in [-0.25, -0.2) is 18.3 Å². The summed E-state index contributed by atoms with van der Waals surface area (Å²) in [7, 11) is -35.7. The average Bonchev–Trinajstić information content (AvgIpc) is 0.960. The first-order valence-corrected chi connectivity index (χ1v) is 35.8. The van der Waals surface area contributed by atoms with Crippen molar-refractivity contribution in [3.63, 3.8) is 0 Å². The molecular formula is C50H50F24N6O4P4S4. The van der Waals surface area contributed by atoms with Crippen molar-refractivity contribution in [1.82, 2.24) is 0 Å². The molecule has 18 aliphatic heterocycles. The van der Waals surface area contributed by atoms with Crippen LogP contribution in [0.15, 0.2) is 152 Å². The standard InChI is InChI=1S/C40H40N4O4.C6H4S4.2C2H3N.4F6P/c1-45-37-21-34-26-42-15-7-30(8-16-42)32-11-19-44(20-12-32)28-36-24-39(47-3)35(23-40(36)48-4)27-43-17-9-31(10-18-43)29-5-13-41(14-6-29)25-33(37)22-38(34)46-2;1-2-8-5(7-1)6-9-3-4-10-6;2*1-2-3;4*1-7(2,3,4,5)6/h5-24H,25-28H2,1-4H3;1-4H;2*1H3;;;;/q+4;;;;4*-1. The van der Waals surface area contributed by atoms with Gasteiger partial charge in [-0.05, 0) is 68.2 Å². The average molecular weight is 1510 g/mol. The Bertz CT molecular complexity index is 3190. The molecule has 24 rings (SSSR count). The molecule has 0 atom stereocenters. The fourth-order valence-electron chi connectivity index (χ4n) is 6.96. The first-order valence-electron chi connectivity index (χ1n) is 24.2. The summed E-state index contributed by atoms with van der Waals surface area (Å²) in [6.45, 7) is 5.46. The van der Waals surface area contributed by atoms with Gasteiger partial charge in [0.05, 0.1) is 71.3 Å². The molecule has 0 saturated heterocycles. The minimum atomic E-state index is -10.7. The molecule has 22 heterocycles. The summed E-state index contributed by atoms with van der Waals surface area (Å²) >= 11 is 7.28. The van der Waals surface area contributed by atoms with Crippen molar-refractivity contribution in [2.75, 3.05) is 28.4 Å². The number of hydrogen-bond acceptors (Lipinski definition) is 10. The summed E-state index contributed by atoms with van der Waals surface area (Å²) in [6, 6.07) is 29.0. The fraction of sp³-hybridized carbons (Fsp3) is 0.200. The van der Waals surface area contributed by atoms with Crippen molar-refractivity contribution in [2.24, 2.45) is 0 Å². The van der Waals surface area contributed by atoms with Crippen LogP contribution in [0.5, 0.6) is 23.0 Å². The van der Waals surface area contributed by atoms with E-state index in [1.807, 2.05) is 47.0 Å². The fourth-order valence-corrected chi connectivity index (χ4v) is 11.0. The van der Waals surface area contributed by atoms with E-state index in [-0.39, 0.29) is 0 Å². The number of nitrogens with zero attached hydrogens (tertiary/aromatic N) is 6. The molecule has 12 bridgehead atoms. The van der Waals surface area contributed by atoms with E-state index in [0.717, 1.165) is 67.5 Å². The number of ether oxygens (including phenoxy) is 4. The maximum absolute atomic E-state index is 10.7. The van der Waals surface area contributed by atoms with Crippen LogP contribution in [0.4, 0.5) is 101 Å². The predicted octanol–water partition coefficient (Wildman–Crippen LogP) is 23.3. The third-order valence-electron chi connectivity index (χ3n) is 9.99. The van der Waals surface area contributed by atoms with Gasteiger partial charge in [-0.3, -0.25) is 0 Å². The Morgan fingerprint density at radius 1 is 0.315 bits per heavy atom. The van der Waals surface area contributed by atoms with Crippen LogP contribution in [-0.2, 0) is 26.2 Å². The van der Waals surface area contributed by atoms with Crippen molar-refractivity contribution in [3.05, 3.63) is 175 Å². The van der Waals surface area contributed by atoms with Crippen LogP contribution >= 0.6 is 78.3 Å². The number of rotatable bonds is 4. The number of benzene rings is 2. The van der Waals surface area contributed by atoms with Gasteiger partial charge in [-0.1, -0.05) is 47.0 Å². The molecule has 2 aromatic carbocycles. The SMILES string of the molecule is C1=CSC(=C2SC=CS2)S1.CC#N.CC#N.COc1cc2c(OC)cc1C[n+]1ccc(cc1)-c1cc[n+](cc1)Cc1cc(OC)c(cc1OC)C[n+]1ccc(cc1)-c1cc[n+](cc1)C2.F[P-](F)(F)(F)(F)F.F[P-](F)(F)(F)(F)F.F[P-](F)(F)(F)(F)F.F[P-](F)(F)(F)(F)F. The Morgan fingerprint density at radius 2 is 0.446 bits per heavy atom. The van der Waals surface area contributed by atoms with Crippen LogP contribution < -0.4 is 37.2 Å². The van der Waals surface area contributed by atoms with Crippen molar-refractivity contribution in [1.29, 1.82) is 10.5 Å². The molecule has 0 saturated carbocycles. The third-order valence-corrected chi connectivity index (χ3v) is 14.8. The molecule has 0 N–H and O–H groups in total. The van der Waals surface area contributed by atoms with Crippen molar-refractivity contribution in [3.8, 4) is 57.4 Å². The van der Waals surface area contributed by atoms with E-state index in [1.54, 1.807) is 40.6 Å². The van der Waals surface area contributed by atoms with Gasteiger partial charge in [-0.15, -0.1) is 0 Å². The summed E-state index contributed by atoms with van der Waals surface area (Å²) in [5, 5.41) is 23.2. The van der Waals surface area contributed by atoms with E-state index >= 15 is 0 Å². The summed E-state index contributed by atoms with van der Waals surface area (Å²) in [6.07, 6.45) is 16.8. The van der Waals surface area contributed by atoms with Crippen LogP contribution in [0.1, 0.15) is 36.1 Å². The molecule has 6 aromatic rings. The Labute approximate surface area is 525 Å². The number of nitriles is 2. The van der Waals surface area contributed by atoms with E-state index in [2.05, 4.69) is 162 Å². The van der Waals surface area contributed by atoms with Crippen LogP contribution in [0, 0.1) is 22.7 Å². The minimum absolute atomic E-state index is 0.651. The first kappa shape index (κ1) is 82.0. The Hall–Kier alpha value is -6.12. The zero-order valence-electron chi connectivity index (χ0n) is 47.5. The number of pyridine rings is 4. The number of methoxy groups -OCH3 is 4. The van der Waals surface area contributed by atoms with E-state index < -0.39 is 31.2 Å². The maximum atomic E-state index is 9.87. The second kappa shape index (κ2) is 28.1. The normalized spacial score (nSPS) is 16.1. The van der Waals surface area contributed by atoms with Crippen molar-refractivity contribution < 1.29 is 138 Å². The molecule has 18 aliphatic rings. The number of halogens is 24. The molecule has 42 heteroatoms. The topological polar surface area (TPSA) is 100 Å². The first-order chi connectivity index (χ1) is 41.1. The van der Waals surface area contributed by atoms with E-state index in [9.17, 15) is 101 Å². The van der Waals surface area contributed by atoms with Gasteiger partial charge >= 0.3 is 132 Å². The Kier molecular flexibility index (Phi) is 25.0. The molecule has 0 radical (unpaired) electrons. The molecule has 0 amide bonds. The summed E-state index contributed by atoms with van der Waals surface area (Å²) < 4.78 is 272. The molecule has 0 aliphatic carbocycles. The Morgan fingerprint density at radius 3 is 0.565 bits per heavy atom. The zero-order valence-corrected chi connectivity index (χ0v) is 54.3. The van der Waals surface area contributed by atoms with Gasteiger partial charge in [0.15, 0.2) is 75.8 Å². The molecule has 92 heavy (non-hydrogen) atoms. The van der Waals surface area contributed by atoms with Crippen LogP contribution in [0.2, 0.25) is 0 Å². The van der Waals surface area contributed by atoms with Gasteiger partial charge in [0.25, 0.3) is 0 Å². The second-order valence-corrected chi connectivity index (χ2v) is 29.7. The van der Waals surface area contributed by atoms with Crippen LogP contribution in [0.25, 0.3) is 22.3 Å². The summed E-state index contributed by atoms with van der Waals surface area (Å²) in [5.74, 6) is 3.34. The zero-order chi connectivity index (χ0) is 70.9. The predicted molar refractivity (Wildman–Crippen MR) is 313 cm³/mol. The molecule has 516 valence electrons. The molecule has 0 spiro atoms. The van der Waals surface area contributed by atoms with Crippen molar-refractivity contribution in [2.45, 2.75) is 40.0 Å². The van der Waals surface area contributed by atoms with E-state index in [1.165, 1.54) is 22.3 Å². The number of thioether (sulfide) groups is 4. The van der Waals surface area contributed by atoms with Gasteiger partial charge < -0.3 is 18.9 Å². The molecule has 0 unspecified atom stereocenters. The van der Waals surface area contributed by atoms with Gasteiger partial charge in [-0.2, -0.15) is 10.5 Å². The molecule has 0 fully saturated rings. The van der Waals surface area contributed by atoms with Gasteiger partial charge in [0.2, 0.25) is 0 Å². The van der Waals surface area contributed by atoms with Gasteiger partial charge in [0.1, 0.15) is 23.0 Å². The number of aromatic nitrogens is 4.